The summed E-state index contributed by atoms with van der Waals surface area (Å²) in [4.78, 5) is 0. The molecule has 0 spiro atoms. The van der Waals surface area contributed by atoms with Crippen LogP contribution >= 0.6 is 0 Å². The number of ether oxygens (including phenoxy) is 1. The first-order chi connectivity index (χ1) is 3.81. The molecule has 0 aromatic carbocycles. The van der Waals surface area contributed by atoms with Gasteiger partial charge in [0.25, 0.3) is 0 Å². The molecule has 0 saturated carbocycles. The Labute approximate surface area is 50.5 Å². The zero-order valence-corrected chi connectivity index (χ0v) is 5.52. The molecule has 49 valence electrons. The lowest BCUT2D eigenvalue weighted by molar-refractivity contribution is -0.0544. The Balaban J connectivity index is 2.86. The van der Waals surface area contributed by atoms with Crippen LogP contribution < -0.4 is 0 Å². The van der Waals surface area contributed by atoms with E-state index in [0.717, 1.165) is 6.42 Å². The van der Waals surface area contributed by atoms with E-state index in [4.69, 9.17) is 0 Å². The van der Waals surface area contributed by atoms with Crippen molar-refractivity contribution in [3.05, 3.63) is 0 Å². The van der Waals surface area contributed by atoms with Gasteiger partial charge < -0.3 is 4.74 Å². The van der Waals surface area contributed by atoms with E-state index < -0.39 is 6.79 Å². The van der Waals surface area contributed by atoms with Crippen molar-refractivity contribution < 1.29 is 9.84 Å². The SMILES string of the molecule is CCC(C)COC[O]. The van der Waals surface area contributed by atoms with Crippen LogP contribution in [0.5, 0.6) is 0 Å². The standard InChI is InChI=1S/C6H13O2/c1-3-6(2)4-8-5-7/h6H,3-5H2,1-2H3. The van der Waals surface area contributed by atoms with E-state index in [-0.39, 0.29) is 0 Å². The van der Waals surface area contributed by atoms with Crippen LogP contribution in [0.2, 0.25) is 0 Å². The highest BCUT2D eigenvalue weighted by molar-refractivity contribution is 4.43. The Morgan fingerprint density at radius 2 is 2.25 bits per heavy atom. The lowest BCUT2D eigenvalue weighted by Gasteiger charge is -2.04. The van der Waals surface area contributed by atoms with Crippen molar-refractivity contribution in [2.24, 2.45) is 5.92 Å². The summed E-state index contributed by atoms with van der Waals surface area (Å²) in [6.07, 6.45) is 1.08. The van der Waals surface area contributed by atoms with E-state index in [9.17, 15) is 5.11 Å². The van der Waals surface area contributed by atoms with Gasteiger partial charge in [-0.3, -0.25) is 0 Å². The van der Waals surface area contributed by atoms with E-state index in [1.165, 1.54) is 0 Å². The summed E-state index contributed by atoms with van der Waals surface area (Å²) in [5, 5.41) is 9.73. The minimum absolute atomic E-state index is 0.398. The second kappa shape index (κ2) is 5.06. The smallest absolute Gasteiger partial charge is 0.180 e. The average Bonchev–Trinajstić information content (AvgIpc) is 1.83. The molecule has 0 aromatic heterocycles. The van der Waals surface area contributed by atoms with Gasteiger partial charge in [0.1, 0.15) is 0 Å². The van der Waals surface area contributed by atoms with Crippen molar-refractivity contribution in [2.75, 3.05) is 13.4 Å². The van der Waals surface area contributed by atoms with Crippen LogP contribution in [0.25, 0.3) is 0 Å². The minimum Gasteiger partial charge on any atom is -0.352 e. The van der Waals surface area contributed by atoms with Crippen LogP contribution in [0.4, 0.5) is 0 Å². The van der Waals surface area contributed by atoms with Crippen molar-refractivity contribution in [1.82, 2.24) is 0 Å². The molecule has 0 bridgehead atoms. The molecule has 0 N–H and O–H groups in total. The predicted molar refractivity (Wildman–Crippen MR) is 31.0 cm³/mol. The molecule has 1 atom stereocenters. The van der Waals surface area contributed by atoms with E-state index in [1.807, 2.05) is 0 Å². The monoisotopic (exact) mass is 117 g/mol. The quantitative estimate of drug-likeness (QED) is 0.512. The molecule has 0 amide bonds. The maximum atomic E-state index is 9.73. The second-order valence-corrected chi connectivity index (χ2v) is 2.00. The van der Waals surface area contributed by atoms with Crippen LogP contribution in [0.15, 0.2) is 0 Å². The van der Waals surface area contributed by atoms with Crippen LogP contribution in [-0.2, 0) is 9.84 Å². The van der Waals surface area contributed by atoms with Gasteiger partial charge in [-0.05, 0) is 5.92 Å². The lowest BCUT2D eigenvalue weighted by atomic mass is 10.1. The maximum Gasteiger partial charge on any atom is 0.180 e. The van der Waals surface area contributed by atoms with E-state index >= 15 is 0 Å². The van der Waals surface area contributed by atoms with Gasteiger partial charge in [-0.15, -0.1) is 0 Å². The first-order valence-corrected chi connectivity index (χ1v) is 2.97. The van der Waals surface area contributed by atoms with Crippen molar-refractivity contribution in [2.45, 2.75) is 20.3 Å². The fourth-order valence-corrected chi connectivity index (χ4v) is 0.367. The molecule has 0 saturated heterocycles. The van der Waals surface area contributed by atoms with Crippen LogP contribution in [0, 0.1) is 5.92 Å². The molecular formula is C6H13O2. The Kier molecular flexibility index (Phi) is 5.01. The van der Waals surface area contributed by atoms with Crippen molar-refractivity contribution in [1.29, 1.82) is 0 Å². The summed E-state index contributed by atoms with van der Waals surface area (Å²) in [6.45, 7) is 4.36. The van der Waals surface area contributed by atoms with Crippen molar-refractivity contribution in [3.8, 4) is 0 Å². The molecule has 1 unspecified atom stereocenters. The van der Waals surface area contributed by atoms with E-state index in [2.05, 4.69) is 18.6 Å². The molecular weight excluding hydrogens is 104 g/mol. The summed E-state index contributed by atoms with van der Waals surface area (Å²) in [6, 6.07) is 0. The van der Waals surface area contributed by atoms with E-state index in [1.54, 1.807) is 0 Å². The van der Waals surface area contributed by atoms with Crippen LogP contribution in [-0.4, -0.2) is 13.4 Å². The number of hydrogen-bond donors (Lipinski definition) is 0. The van der Waals surface area contributed by atoms with Crippen molar-refractivity contribution >= 4 is 0 Å². The molecule has 8 heavy (non-hydrogen) atoms. The normalized spacial score (nSPS) is 13.9. The number of rotatable bonds is 4. The first kappa shape index (κ1) is 7.92. The lowest BCUT2D eigenvalue weighted by Crippen LogP contribution is -2.04. The largest absolute Gasteiger partial charge is 0.352 e. The predicted octanol–water partition coefficient (Wildman–Crippen LogP) is 1.44. The molecule has 1 radical (unpaired) electrons. The molecule has 0 aliphatic rings. The average molecular weight is 117 g/mol. The minimum atomic E-state index is -0.398. The van der Waals surface area contributed by atoms with Gasteiger partial charge in [-0.1, -0.05) is 20.3 Å². The topological polar surface area (TPSA) is 29.1 Å². The van der Waals surface area contributed by atoms with Gasteiger partial charge in [0.2, 0.25) is 0 Å². The van der Waals surface area contributed by atoms with Gasteiger partial charge in [0, 0.05) is 0 Å². The van der Waals surface area contributed by atoms with Gasteiger partial charge in [-0.25, -0.2) is 5.11 Å². The Morgan fingerprint density at radius 3 is 2.62 bits per heavy atom. The molecule has 0 aliphatic carbocycles. The van der Waals surface area contributed by atoms with Gasteiger partial charge in [0.15, 0.2) is 6.79 Å². The zero-order chi connectivity index (χ0) is 6.41. The number of hydrogen-bond acceptors (Lipinski definition) is 1. The Morgan fingerprint density at radius 1 is 1.62 bits per heavy atom. The third-order valence-electron chi connectivity index (χ3n) is 1.18. The third kappa shape index (κ3) is 4.09. The molecule has 0 aromatic rings. The maximum absolute atomic E-state index is 9.73. The van der Waals surface area contributed by atoms with Gasteiger partial charge in [-0.2, -0.15) is 0 Å². The molecule has 0 fully saturated rings. The fraction of sp³-hybridized carbons (Fsp3) is 1.00. The molecule has 2 heteroatoms. The van der Waals surface area contributed by atoms with Gasteiger partial charge in [0.05, 0.1) is 6.61 Å². The summed E-state index contributed by atoms with van der Waals surface area (Å²) < 4.78 is 4.63. The van der Waals surface area contributed by atoms with E-state index in [0.29, 0.717) is 12.5 Å². The first-order valence-electron chi connectivity index (χ1n) is 2.97. The van der Waals surface area contributed by atoms with Crippen LogP contribution in [0.3, 0.4) is 0 Å². The highest BCUT2D eigenvalue weighted by atomic mass is 16.6. The summed E-state index contributed by atoms with van der Waals surface area (Å²) in [5.74, 6) is 0.531. The second-order valence-electron chi connectivity index (χ2n) is 2.00. The van der Waals surface area contributed by atoms with Gasteiger partial charge >= 0.3 is 0 Å². The summed E-state index contributed by atoms with van der Waals surface area (Å²) in [7, 11) is 0. The van der Waals surface area contributed by atoms with Crippen LogP contribution in [0.1, 0.15) is 20.3 Å². The fourth-order valence-electron chi connectivity index (χ4n) is 0.367. The highest BCUT2D eigenvalue weighted by Gasteiger charge is 1.95. The third-order valence-corrected chi connectivity index (χ3v) is 1.18. The Hall–Kier alpha value is -0.0800. The molecule has 0 rings (SSSR count). The molecule has 2 nitrogen and oxygen atoms in total. The Bertz CT molecular complexity index is 45.8. The summed E-state index contributed by atoms with van der Waals surface area (Å²) in [5.41, 5.74) is 0. The highest BCUT2D eigenvalue weighted by Crippen LogP contribution is 1.99. The summed E-state index contributed by atoms with van der Waals surface area (Å²) >= 11 is 0. The molecule has 0 heterocycles. The molecule has 0 aliphatic heterocycles. The van der Waals surface area contributed by atoms with Crippen molar-refractivity contribution in [3.63, 3.8) is 0 Å². The zero-order valence-electron chi connectivity index (χ0n) is 5.52.